The summed E-state index contributed by atoms with van der Waals surface area (Å²) in [5.41, 5.74) is 4.40. The number of anilines is 1. The van der Waals surface area contributed by atoms with Crippen LogP contribution in [0, 0.1) is 20.8 Å². The van der Waals surface area contributed by atoms with E-state index in [-0.39, 0.29) is 12.3 Å². The first-order valence-electron chi connectivity index (χ1n) is 7.65. The molecule has 2 rings (SSSR count). The number of hydrogen-bond acceptors (Lipinski definition) is 3. The molecule has 2 aromatic carbocycles. The molecule has 24 heavy (non-hydrogen) atoms. The van der Waals surface area contributed by atoms with Crippen LogP contribution in [0.15, 0.2) is 42.5 Å². The average Bonchev–Trinajstić information content (AvgIpc) is 2.48. The molecule has 0 radical (unpaired) electrons. The molecule has 0 spiro atoms. The van der Waals surface area contributed by atoms with Gasteiger partial charge < -0.3 is 5.32 Å². The maximum Gasteiger partial charge on any atom is 0.239 e. The molecule has 0 aliphatic heterocycles. The molecule has 0 saturated carbocycles. The lowest BCUT2D eigenvalue weighted by Crippen LogP contribution is -2.33. The molecule has 2 aromatic rings. The van der Waals surface area contributed by atoms with Crippen LogP contribution in [-0.2, 0) is 20.6 Å². The van der Waals surface area contributed by atoms with E-state index in [0.717, 1.165) is 22.3 Å². The predicted molar refractivity (Wildman–Crippen MR) is 96.4 cm³/mol. The van der Waals surface area contributed by atoms with Crippen LogP contribution in [-0.4, -0.2) is 20.9 Å². The van der Waals surface area contributed by atoms with Gasteiger partial charge in [-0.3, -0.25) is 4.79 Å². The van der Waals surface area contributed by atoms with E-state index < -0.39 is 15.9 Å². The number of rotatable bonds is 6. The van der Waals surface area contributed by atoms with Crippen LogP contribution in [0.25, 0.3) is 0 Å². The van der Waals surface area contributed by atoms with Gasteiger partial charge in [0, 0.05) is 5.69 Å². The zero-order valence-electron chi connectivity index (χ0n) is 14.1. The largest absolute Gasteiger partial charge is 0.325 e. The number of benzene rings is 2. The molecule has 5 nitrogen and oxygen atoms in total. The van der Waals surface area contributed by atoms with Gasteiger partial charge in [0.05, 0.1) is 12.3 Å². The van der Waals surface area contributed by atoms with Crippen LogP contribution in [0.4, 0.5) is 5.69 Å². The highest BCUT2D eigenvalue weighted by Crippen LogP contribution is 2.13. The fourth-order valence-electron chi connectivity index (χ4n) is 2.37. The van der Waals surface area contributed by atoms with Gasteiger partial charge in [0.25, 0.3) is 0 Å². The number of carbonyl (C=O) groups is 1. The second-order valence-electron chi connectivity index (χ2n) is 5.93. The van der Waals surface area contributed by atoms with Crippen LogP contribution in [0.1, 0.15) is 22.3 Å². The lowest BCUT2D eigenvalue weighted by atomic mass is 10.1. The standard InChI is InChI=1S/C18H22N2O3S/c1-13-5-4-6-17(10-13)20-18(21)11-19-24(22,23)12-16-8-7-14(2)9-15(16)3/h4-10,19H,11-12H2,1-3H3,(H,20,21). The van der Waals surface area contributed by atoms with E-state index in [1.165, 1.54) is 0 Å². The summed E-state index contributed by atoms with van der Waals surface area (Å²) in [7, 11) is -3.58. The summed E-state index contributed by atoms with van der Waals surface area (Å²) in [5, 5.41) is 2.67. The van der Waals surface area contributed by atoms with Crippen molar-refractivity contribution in [3.05, 3.63) is 64.7 Å². The lowest BCUT2D eigenvalue weighted by molar-refractivity contribution is -0.115. The summed E-state index contributed by atoms with van der Waals surface area (Å²) in [5.74, 6) is -0.540. The highest BCUT2D eigenvalue weighted by Gasteiger charge is 2.15. The molecule has 0 fully saturated rings. The third-order valence-electron chi connectivity index (χ3n) is 3.60. The number of sulfonamides is 1. The van der Waals surface area contributed by atoms with Crippen LogP contribution in [0.5, 0.6) is 0 Å². The number of carbonyl (C=O) groups excluding carboxylic acids is 1. The van der Waals surface area contributed by atoms with E-state index in [2.05, 4.69) is 10.0 Å². The Kier molecular flexibility index (Phi) is 5.75. The monoisotopic (exact) mass is 346 g/mol. The smallest absolute Gasteiger partial charge is 0.239 e. The molecule has 0 aromatic heterocycles. The van der Waals surface area contributed by atoms with Crippen molar-refractivity contribution in [3.8, 4) is 0 Å². The molecular formula is C18H22N2O3S. The third-order valence-corrected chi connectivity index (χ3v) is 4.87. The van der Waals surface area contributed by atoms with Crippen molar-refractivity contribution in [3.63, 3.8) is 0 Å². The zero-order valence-corrected chi connectivity index (χ0v) is 14.9. The predicted octanol–water partition coefficient (Wildman–Crippen LogP) is 2.67. The minimum absolute atomic E-state index is 0.142. The Morgan fingerprint density at radius 3 is 2.38 bits per heavy atom. The molecule has 128 valence electrons. The molecule has 1 amide bonds. The molecule has 0 unspecified atom stereocenters. The molecule has 0 atom stereocenters. The quantitative estimate of drug-likeness (QED) is 0.844. The fraction of sp³-hybridized carbons (Fsp3) is 0.278. The Morgan fingerprint density at radius 1 is 1.00 bits per heavy atom. The second-order valence-corrected chi connectivity index (χ2v) is 7.73. The maximum atomic E-state index is 12.2. The number of hydrogen-bond donors (Lipinski definition) is 2. The normalized spacial score (nSPS) is 11.3. The number of nitrogens with one attached hydrogen (secondary N) is 2. The van der Waals surface area contributed by atoms with Crippen LogP contribution in [0.3, 0.4) is 0 Å². The summed E-state index contributed by atoms with van der Waals surface area (Å²) in [4.78, 5) is 11.9. The minimum atomic E-state index is -3.58. The highest BCUT2D eigenvalue weighted by molar-refractivity contribution is 7.88. The van der Waals surface area contributed by atoms with Crippen LogP contribution in [0.2, 0.25) is 0 Å². The lowest BCUT2D eigenvalue weighted by Gasteiger charge is -2.10. The molecular weight excluding hydrogens is 324 g/mol. The summed E-state index contributed by atoms with van der Waals surface area (Å²) in [6.45, 7) is 5.46. The average molecular weight is 346 g/mol. The molecule has 0 saturated heterocycles. The molecule has 2 N–H and O–H groups in total. The first kappa shape index (κ1) is 18.2. The zero-order chi connectivity index (χ0) is 17.7. The van der Waals surface area contributed by atoms with Gasteiger partial charge >= 0.3 is 0 Å². The first-order valence-corrected chi connectivity index (χ1v) is 9.30. The first-order chi connectivity index (χ1) is 11.2. The summed E-state index contributed by atoms with van der Waals surface area (Å²) >= 11 is 0. The summed E-state index contributed by atoms with van der Waals surface area (Å²) in [6.07, 6.45) is 0. The van der Waals surface area contributed by atoms with E-state index in [1.54, 1.807) is 12.1 Å². The second kappa shape index (κ2) is 7.59. The van der Waals surface area contributed by atoms with Crippen molar-refractivity contribution in [1.29, 1.82) is 0 Å². The SMILES string of the molecule is Cc1cccc(NC(=O)CNS(=O)(=O)Cc2ccc(C)cc2C)c1. The van der Waals surface area contributed by atoms with E-state index in [4.69, 9.17) is 0 Å². The van der Waals surface area contributed by atoms with E-state index in [1.807, 2.05) is 51.1 Å². The van der Waals surface area contributed by atoms with E-state index >= 15 is 0 Å². The minimum Gasteiger partial charge on any atom is -0.325 e. The van der Waals surface area contributed by atoms with Gasteiger partial charge in [0.15, 0.2) is 0 Å². The van der Waals surface area contributed by atoms with Crippen molar-refractivity contribution < 1.29 is 13.2 Å². The number of aryl methyl sites for hydroxylation is 3. The van der Waals surface area contributed by atoms with Crippen molar-refractivity contribution >= 4 is 21.6 Å². The van der Waals surface area contributed by atoms with Crippen molar-refractivity contribution in [2.24, 2.45) is 0 Å². The Labute approximate surface area is 143 Å². The summed E-state index contributed by atoms with van der Waals surface area (Å²) < 4.78 is 26.7. The van der Waals surface area contributed by atoms with E-state index in [9.17, 15) is 13.2 Å². The van der Waals surface area contributed by atoms with E-state index in [0.29, 0.717) is 5.69 Å². The van der Waals surface area contributed by atoms with Crippen LogP contribution < -0.4 is 10.0 Å². The molecule has 0 heterocycles. The van der Waals surface area contributed by atoms with Gasteiger partial charge in [-0.05, 0) is 49.6 Å². The van der Waals surface area contributed by atoms with Crippen LogP contribution >= 0.6 is 0 Å². The fourth-order valence-corrected chi connectivity index (χ4v) is 3.55. The Hall–Kier alpha value is -2.18. The Morgan fingerprint density at radius 2 is 1.71 bits per heavy atom. The molecule has 0 aliphatic rings. The summed E-state index contributed by atoms with van der Waals surface area (Å²) in [6, 6.07) is 12.9. The molecule has 6 heteroatoms. The van der Waals surface area contributed by atoms with Gasteiger partial charge in [0.2, 0.25) is 15.9 Å². The van der Waals surface area contributed by atoms with Crippen molar-refractivity contribution in [2.75, 3.05) is 11.9 Å². The van der Waals surface area contributed by atoms with Crippen molar-refractivity contribution in [1.82, 2.24) is 4.72 Å². The topological polar surface area (TPSA) is 75.3 Å². The van der Waals surface area contributed by atoms with Gasteiger partial charge in [-0.2, -0.15) is 0 Å². The van der Waals surface area contributed by atoms with Gasteiger partial charge in [0.1, 0.15) is 0 Å². The highest BCUT2D eigenvalue weighted by atomic mass is 32.2. The molecule has 0 aliphatic carbocycles. The van der Waals surface area contributed by atoms with Gasteiger partial charge in [-0.25, -0.2) is 13.1 Å². The molecule has 0 bridgehead atoms. The van der Waals surface area contributed by atoms with Gasteiger partial charge in [-0.1, -0.05) is 35.9 Å². The van der Waals surface area contributed by atoms with Gasteiger partial charge in [-0.15, -0.1) is 0 Å². The third kappa shape index (κ3) is 5.47. The Balaban J connectivity index is 1.93. The van der Waals surface area contributed by atoms with Crippen molar-refractivity contribution in [2.45, 2.75) is 26.5 Å². The maximum absolute atomic E-state index is 12.2. The number of amides is 1. The Bertz CT molecular complexity index is 845.